The Morgan fingerprint density at radius 1 is 1.22 bits per heavy atom. The number of hydrogen-bond acceptors (Lipinski definition) is 3. The summed E-state index contributed by atoms with van der Waals surface area (Å²) < 4.78 is 10.9. The molecular formula is C15H25NO2. The Hall–Kier alpha value is -1.06. The predicted octanol–water partition coefficient (Wildman–Crippen LogP) is 2.64. The number of hydrogen-bond donors (Lipinski definition) is 1. The summed E-state index contributed by atoms with van der Waals surface area (Å²) >= 11 is 0. The lowest BCUT2D eigenvalue weighted by Crippen LogP contribution is -2.24. The van der Waals surface area contributed by atoms with Crippen LogP contribution in [0.5, 0.6) is 5.75 Å². The van der Waals surface area contributed by atoms with Gasteiger partial charge in [-0.2, -0.15) is 0 Å². The fourth-order valence-corrected chi connectivity index (χ4v) is 1.66. The van der Waals surface area contributed by atoms with Crippen LogP contribution in [0.2, 0.25) is 0 Å². The second-order valence-corrected chi connectivity index (χ2v) is 4.55. The molecule has 0 heterocycles. The molecule has 1 rings (SSSR count). The smallest absolute Gasteiger partial charge is 0.119 e. The third-order valence-electron chi connectivity index (χ3n) is 2.57. The average Bonchev–Trinajstić information content (AvgIpc) is 2.35. The van der Waals surface area contributed by atoms with Gasteiger partial charge in [-0.3, -0.25) is 0 Å². The highest BCUT2D eigenvalue weighted by Crippen LogP contribution is 2.13. The van der Waals surface area contributed by atoms with E-state index >= 15 is 0 Å². The molecule has 0 atom stereocenters. The molecule has 0 unspecified atom stereocenters. The summed E-state index contributed by atoms with van der Waals surface area (Å²) in [6.07, 6.45) is 1.03. The molecular weight excluding hydrogens is 226 g/mol. The number of nitrogens with one attached hydrogen (secondary N) is 1. The summed E-state index contributed by atoms with van der Waals surface area (Å²) in [7, 11) is 0. The van der Waals surface area contributed by atoms with Crippen molar-refractivity contribution >= 4 is 0 Å². The third kappa shape index (κ3) is 6.62. The van der Waals surface area contributed by atoms with E-state index in [1.807, 2.05) is 19.1 Å². The van der Waals surface area contributed by atoms with Crippen LogP contribution in [0.25, 0.3) is 0 Å². The molecule has 3 heteroatoms. The van der Waals surface area contributed by atoms with E-state index in [-0.39, 0.29) is 0 Å². The van der Waals surface area contributed by atoms with E-state index in [1.165, 1.54) is 5.56 Å². The van der Waals surface area contributed by atoms with Gasteiger partial charge in [0.25, 0.3) is 0 Å². The van der Waals surface area contributed by atoms with Gasteiger partial charge in [0, 0.05) is 12.6 Å². The topological polar surface area (TPSA) is 30.5 Å². The van der Waals surface area contributed by atoms with E-state index in [4.69, 9.17) is 9.47 Å². The summed E-state index contributed by atoms with van der Waals surface area (Å²) in [4.78, 5) is 0. The van der Waals surface area contributed by atoms with Crippen LogP contribution in [0.15, 0.2) is 24.3 Å². The highest BCUT2D eigenvalue weighted by Gasteiger charge is 1.98. The van der Waals surface area contributed by atoms with Gasteiger partial charge in [0.2, 0.25) is 0 Å². The first-order chi connectivity index (χ1) is 8.72. The fourth-order valence-electron chi connectivity index (χ4n) is 1.66. The van der Waals surface area contributed by atoms with Crippen LogP contribution in [0.4, 0.5) is 0 Å². The Bertz CT molecular complexity index is 326. The Kier molecular flexibility index (Phi) is 7.46. The Labute approximate surface area is 110 Å². The SMILES string of the molecule is CCOCCOc1cccc(CCNC(C)C)c1. The van der Waals surface area contributed by atoms with Crippen molar-refractivity contribution in [1.29, 1.82) is 0 Å². The van der Waals surface area contributed by atoms with E-state index in [1.54, 1.807) is 0 Å². The van der Waals surface area contributed by atoms with Gasteiger partial charge in [0.15, 0.2) is 0 Å². The van der Waals surface area contributed by atoms with Gasteiger partial charge in [0.1, 0.15) is 12.4 Å². The lowest BCUT2D eigenvalue weighted by molar-refractivity contribution is 0.110. The van der Waals surface area contributed by atoms with Crippen molar-refractivity contribution in [1.82, 2.24) is 5.32 Å². The number of ether oxygens (including phenoxy) is 2. The molecule has 1 aromatic rings. The summed E-state index contributed by atoms with van der Waals surface area (Å²) in [6, 6.07) is 8.81. The van der Waals surface area contributed by atoms with E-state index in [0.717, 1.165) is 25.3 Å². The van der Waals surface area contributed by atoms with Crippen LogP contribution >= 0.6 is 0 Å². The first-order valence-electron chi connectivity index (χ1n) is 6.75. The maximum atomic E-state index is 5.63. The Morgan fingerprint density at radius 3 is 2.78 bits per heavy atom. The van der Waals surface area contributed by atoms with Crippen LogP contribution in [0.3, 0.4) is 0 Å². The quantitative estimate of drug-likeness (QED) is 0.684. The van der Waals surface area contributed by atoms with E-state index in [9.17, 15) is 0 Å². The van der Waals surface area contributed by atoms with Crippen molar-refractivity contribution in [3.05, 3.63) is 29.8 Å². The van der Waals surface area contributed by atoms with Crippen LogP contribution < -0.4 is 10.1 Å². The second-order valence-electron chi connectivity index (χ2n) is 4.55. The summed E-state index contributed by atoms with van der Waals surface area (Å²) in [5, 5.41) is 3.41. The Balaban J connectivity index is 2.32. The third-order valence-corrected chi connectivity index (χ3v) is 2.57. The molecule has 3 nitrogen and oxygen atoms in total. The predicted molar refractivity (Wildman–Crippen MR) is 75.3 cm³/mol. The molecule has 18 heavy (non-hydrogen) atoms. The van der Waals surface area contributed by atoms with Crippen molar-refractivity contribution in [2.75, 3.05) is 26.4 Å². The molecule has 0 radical (unpaired) electrons. The first kappa shape index (κ1) is 15.0. The molecule has 0 amide bonds. The van der Waals surface area contributed by atoms with Gasteiger partial charge >= 0.3 is 0 Å². The zero-order chi connectivity index (χ0) is 13.2. The van der Waals surface area contributed by atoms with E-state index in [0.29, 0.717) is 19.3 Å². The van der Waals surface area contributed by atoms with Crippen LogP contribution in [0, 0.1) is 0 Å². The molecule has 0 spiro atoms. The van der Waals surface area contributed by atoms with E-state index in [2.05, 4.69) is 31.3 Å². The van der Waals surface area contributed by atoms with Crippen LogP contribution in [-0.2, 0) is 11.2 Å². The van der Waals surface area contributed by atoms with Crippen molar-refractivity contribution in [2.24, 2.45) is 0 Å². The summed E-state index contributed by atoms with van der Waals surface area (Å²) in [6.45, 7) is 9.31. The molecule has 0 saturated carbocycles. The molecule has 0 aliphatic carbocycles. The maximum Gasteiger partial charge on any atom is 0.119 e. The van der Waals surface area contributed by atoms with Gasteiger partial charge in [-0.1, -0.05) is 26.0 Å². The molecule has 1 aromatic carbocycles. The molecule has 0 aliphatic rings. The van der Waals surface area contributed by atoms with Crippen molar-refractivity contribution < 1.29 is 9.47 Å². The minimum absolute atomic E-state index is 0.538. The second kappa shape index (κ2) is 8.95. The zero-order valence-corrected chi connectivity index (χ0v) is 11.7. The Morgan fingerprint density at radius 2 is 2.06 bits per heavy atom. The van der Waals surface area contributed by atoms with Crippen LogP contribution in [-0.4, -0.2) is 32.4 Å². The molecule has 0 aliphatic heterocycles. The zero-order valence-electron chi connectivity index (χ0n) is 11.7. The van der Waals surface area contributed by atoms with Crippen molar-refractivity contribution in [3.63, 3.8) is 0 Å². The molecule has 0 saturated heterocycles. The van der Waals surface area contributed by atoms with Crippen molar-refractivity contribution in [2.45, 2.75) is 33.2 Å². The van der Waals surface area contributed by atoms with Gasteiger partial charge in [-0.25, -0.2) is 0 Å². The lowest BCUT2D eigenvalue weighted by atomic mass is 10.1. The largest absolute Gasteiger partial charge is 0.491 e. The van der Waals surface area contributed by atoms with Gasteiger partial charge in [0.05, 0.1) is 6.61 Å². The highest BCUT2D eigenvalue weighted by molar-refractivity contribution is 5.28. The molecule has 0 bridgehead atoms. The first-order valence-corrected chi connectivity index (χ1v) is 6.75. The van der Waals surface area contributed by atoms with Gasteiger partial charge < -0.3 is 14.8 Å². The minimum atomic E-state index is 0.538. The normalized spacial score (nSPS) is 10.9. The fraction of sp³-hybridized carbons (Fsp3) is 0.600. The van der Waals surface area contributed by atoms with Gasteiger partial charge in [-0.05, 0) is 37.6 Å². The number of rotatable bonds is 9. The average molecular weight is 251 g/mol. The maximum absolute atomic E-state index is 5.63. The number of benzene rings is 1. The summed E-state index contributed by atoms with van der Waals surface area (Å²) in [5.41, 5.74) is 1.30. The summed E-state index contributed by atoms with van der Waals surface area (Å²) in [5.74, 6) is 0.928. The van der Waals surface area contributed by atoms with Gasteiger partial charge in [-0.15, -0.1) is 0 Å². The molecule has 0 fully saturated rings. The van der Waals surface area contributed by atoms with Crippen LogP contribution in [0.1, 0.15) is 26.3 Å². The highest BCUT2D eigenvalue weighted by atomic mass is 16.5. The molecule has 1 N–H and O–H groups in total. The monoisotopic (exact) mass is 251 g/mol. The van der Waals surface area contributed by atoms with E-state index < -0.39 is 0 Å². The minimum Gasteiger partial charge on any atom is -0.491 e. The lowest BCUT2D eigenvalue weighted by Gasteiger charge is -2.10. The molecule has 0 aromatic heterocycles. The van der Waals surface area contributed by atoms with Crippen molar-refractivity contribution in [3.8, 4) is 5.75 Å². The standard InChI is InChI=1S/C15H25NO2/c1-4-17-10-11-18-15-7-5-6-14(12-15)8-9-16-13(2)3/h5-7,12-13,16H,4,8-11H2,1-3H3. The molecule has 102 valence electrons.